The summed E-state index contributed by atoms with van der Waals surface area (Å²) in [5, 5.41) is 11.1. The summed E-state index contributed by atoms with van der Waals surface area (Å²) in [7, 11) is 0. The summed E-state index contributed by atoms with van der Waals surface area (Å²) in [6.07, 6.45) is -0.603. The van der Waals surface area contributed by atoms with Gasteiger partial charge in [-0.15, -0.1) is 11.3 Å². The second kappa shape index (κ2) is 5.30. The summed E-state index contributed by atoms with van der Waals surface area (Å²) in [6, 6.07) is 14.9. The van der Waals surface area contributed by atoms with Crippen molar-refractivity contribution in [3.8, 4) is 10.6 Å². The van der Waals surface area contributed by atoms with E-state index >= 15 is 0 Å². The second-order valence-electron chi connectivity index (χ2n) is 5.41. The molecular weight excluding hydrogens is 310 g/mol. The number of nitrogens with zero attached hydrogens (tertiary/aromatic N) is 1. The summed E-state index contributed by atoms with van der Waals surface area (Å²) in [4.78, 5) is 16.8. The van der Waals surface area contributed by atoms with Crippen molar-refractivity contribution in [2.75, 3.05) is 0 Å². The number of hydrogen-bond donors (Lipinski definition) is 1. The Balaban J connectivity index is 1.91. The highest BCUT2D eigenvalue weighted by Gasteiger charge is 2.13. The van der Waals surface area contributed by atoms with E-state index in [1.165, 1.54) is 11.3 Å². The Morgan fingerprint density at radius 1 is 1.17 bits per heavy atom. The highest BCUT2D eigenvalue weighted by molar-refractivity contribution is 7.21. The molecule has 0 radical (unpaired) electrons. The largest absolute Gasteiger partial charge is 0.422 e. The first-order valence-corrected chi connectivity index (χ1v) is 8.05. The van der Waals surface area contributed by atoms with Gasteiger partial charge in [0, 0.05) is 5.39 Å². The number of rotatable bonds is 2. The van der Waals surface area contributed by atoms with E-state index in [2.05, 4.69) is 4.98 Å². The van der Waals surface area contributed by atoms with Crippen molar-refractivity contribution in [3.05, 3.63) is 64.5 Å². The molecule has 0 spiro atoms. The lowest BCUT2D eigenvalue weighted by atomic mass is 10.1. The molecule has 2 aromatic carbocycles. The van der Waals surface area contributed by atoms with Crippen molar-refractivity contribution in [2.24, 2.45) is 0 Å². The van der Waals surface area contributed by atoms with Crippen molar-refractivity contribution in [2.45, 2.75) is 13.0 Å². The van der Waals surface area contributed by atoms with Crippen LogP contribution in [0.5, 0.6) is 0 Å². The van der Waals surface area contributed by atoms with Gasteiger partial charge in [0.15, 0.2) is 0 Å². The fourth-order valence-electron chi connectivity index (χ4n) is 2.52. The molecule has 0 fully saturated rings. The van der Waals surface area contributed by atoms with Crippen LogP contribution < -0.4 is 5.63 Å². The monoisotopic (exact) mass is 323 g/mol. The maximum atomic E-state index is 12.3. The molecule has 0 saturated heterocycles. The minimum absolute atomic E-state index is 0.417. The van der Waals surface area contributed by atoms with Crippen LogP contribution in [0.2, 0.25) is 0 Å². The van der Waals surface area contributed by atoms with Crippen LogP contribution >= 0.6 is 11.3 Å². The Hall–Kier alpha value is -2.50. The molecule has 114 valence electrons. The molecule has 1 N–H and O–H groups in total. The van der Waals surface area contributed by atoms with Gasteiger partial charge in [-0.25, -0.2) is 9.78 Å². The predicted molar refractivity (Wildman–Crippen MR) is 91.7 cm³/mol. The Bertz CT molecular complexity index is 1050. The highest BCUT2D eigenvalue weighted by atomic mass is 32.1. The Kier molecular flexibility index (Phi) is 3.25. The van der Waals surface area contributed by atoms with Crippen LogP contribution in [0, 0.1) is 0 Å². The van der Waals surface area contributed by atoms with Crippen LogP contribution in [0.3, 0.4) is 0 Å². The van der Waals surface area contributed by atoms with E-state index in [4.69, 9.17) is 4.42 Å². The first-order chi connectivity index (χ1) is 11.1. The number of thiazole rings is 1. The van der Waals surface area contributed by atoms with E-state index in [0.717, 1.165) is 15.6 Å². The summed E-state index contributed by atoms with van der Waals surface area (Å²) < 4.78 is 6.47. The average Bonchev–Trinajstić information content (AvgIpc) is 2.97. The molecule has 2 aromatic heterocycles. The summed E-state index contributed by atoms with van der Waals surface area (Å²) in [6.45, 7) is 1.68. The van der Waals surface area contributed by atoms with E-state index in [1.54, 1.807) is 19.1 Å². The SMILES string of the molecule is CC(O)c1ccc2cc(-c3nc4ccccc4s3)c(=O)oc2c1. The Morgan fingerprint density at radius 3 is 2.78 bits per heavy atom. The molecule has 4 nitrogen and oxygen atoms in total. The van der Waals surface area contributed by atoms with Crippen molar-refractivity contribution in [1.82, 2.24) is 4.98 Å². The van der Waals surface area contributed by atoms with Gasteiger partial charge in [-0.2, -0.15) is 0 Å². The standard InChI is InChI=1S/C18H13NO3S/c1-10(20)11-6-7-12-8-13(18(21)22-15(12)9-11)17-19-14-4-2-3-5-16(14)23-17/h2-10,20H,1H3. The van der Waals surface area contributed by atoms with Gasteiger partial charge >= 0.3 is 5.63 Å². The summed E-state index contributed by atoms with van der Waals surface area (Å²) >= 11 is 1.47. The van der Waals surface area contributed by atoms with Crippen LogP contribution in [-0.2, 0) is 0 Å². The molecule has 23 heavy (non-hydrogen) atoms. The molecule has 5 heteroatoms. The molecule has 0 bridgehead atoms. The average molecular weight is 323 g/mol. The van der Waals surface area contributed by atoms with E-state index in [9.17, 15) is 9.90 Å². The number of hydrogen-bond acceptors (Lipinski definition) is 5. The number of aliphatic hydroxyl groups is 1. The first-order valence-electron chi connectivity index (χ1n) is 7.23. The second-order valence-corrected chi connectivity index (χ2v) is 6.44. The predicted octanol–water partition coefficient (Wildman–Crippen LogP) is 4.12. The normalized spacial score (nSPS) is 12.8. The lowest BCUT2D eigenvalue weighted by Gasteiger charge is -2.05. The fourth-order valence-corrected chi connectivity index (χ4v) is 3.49. The Morgan fingerprint density at radius 2 is 2.00 bits per heavy atom. The highest BCUT2D eigenvalue weighted by Crippen LogP contribution is 2.30. The molecule has 0 aliphatic carbocycles. The van der Waals surface area contributed by atoms with E-state index in [1.807, 2.05) is 36.4 Å². The van der Waals surface area contributed by atoms with Gasteiger partial charge in [0.25, 0.3) is 0 Å². The third-order valence-electron chi connectivity index (χ3n) is 3.77. The van der Waals surface area contributed by atoms with Crippen LogP contribution in [-0.4, -0.2) is 10.1 Å². The van der Waals surface area contributed by atoms with E-state index in [-0.39, 0.29) is 0 Å². The zero-order valence-electron chi connectivity index (χ0n) is 12.3. The molecule has 4 rings (SSSR count). The molecule has 2 heterocycles. The fraction of sp³-hybridized carbons (Fsp3) is 0.111. The van der Waals surface area contributed by atoms with Crippen LogP contribution in [0.4, 0.5) is 0 Å². The third kappa shape index (κ3) is 2.44. The number of fused-ring (bicyclic) bond motifs is 2. The van der Waals surface area contributed by atoms with Crippen molar-refractivity contribution in [3.63, 3.8) is 0 Å². The maximum Gasteiger partial charge on any atom is 0.346 e. The van der Waals surface area contributed by atoms with Crippen LogP contribution in [0.15, 0.2) is 57.7 Å². The minimum Gasteiger partial charge on any atom is -0.422 e. The summed E-state index contributed by atoms with van der Waals surface area (Å²) in [5.41, 5.74) is 2.10. The third-order valence-corrected chi connectivity index (χ3v) is 4.84. The van der Waals surface area contributed by atoms with Crippen LogP contribution in [0.1, 0.15) is 18.6 Å². The van der Waals surface area contributed by atoms with Gasteiger partial charge in [0.05, 0.1) is 21.9 Å². The van der Waals surface area contributed by atoms with Crippen LogP contribution in [0.25, 0.3) is 31.8 Å². The molecule has 1 atom stereocenters. The number of aliphatic hydroxyl groups excluding tert-OH is 1. The zero-order chi connectivity index (χ0) is 16.0. The maximum absolute atomic E-state index is 12.3. The lowest BCUT2D eigenvalue weighted by Crippen LogP contribution is -2.02. The van der Waals surface area contributed by atoms with Gasteiger partial charge in [0.2, 0.25) is 0 Å². The summed E-state index contributed by atoms with van der Waals surface area (Å²) in [5.74, 6) is 0. The van der Waals surface area contributed by atoms with Gasteiger partial charge in [-0.1, -0.05) is 24.3 Å². The molecule has 0 aliphatic rings. The number of para-hydroxylation sites is 1. The molecule has 0 aliphatic heterocycles. The number of benzene rings is 2. The van der Waals surface area contributed by atoms with Crippen molar-refractivity contribution < 1.29 is 9.52 Å². The topological polar surface area (TPSA) is 63.3 Å². The van der Waals surface area contributed by atoms with E-state index in [0.29, 0.717) is 21.7 Å². The van der Waals surface area contributed by atoms with Gasteiger partial charge in [-0.3, -0.25) is 0 Å². The molecule has 1 unspecified atom stereocenters. The Labute approximate surface area is 135 Å². The number of aromatic nitrogens is 1. The van der Waals surface area contributed by atoms with E-state index < -0.39 is 11.7 Å². The zero-order valence-corrected chi connectivity index (χ0v) is 13.1. The first kappa shape index (κ1) is 14.1. The smallest absolute Gasteiger partial charge is 0.346 e. The molecule has 4 aromatic rings. The van der Waals surface area contributed by atoms with Gasteiger partial charge < -0.3 is 9.52 Å². The minimum atomic E-state index is -0.603. The van der Waals surface area contributed by atoms with Gasteiger partial charge in [0.1, 0.15) is 10.6 Å². The molecular formula is C18H13NO3S. The quantitative estimate of drug-likeness (QED) is 0.564. The van der Waals surface area contributed by atoms with Crippen molar-refractivity contribution >= 4 is 32.5 Å². The van der Waals surface area contributed by atoms with Gasteiger partial charge in [-0.05, 0) is 36.8 Å². The molecule has 0 saturated carbocycles. The molecule has 0 amide bonds. The lowest BCUT2D eigenvalue weighted by molar-refractivity contribution is 0.199. The van der Waals surface area contributed by atoms with Crippen molar-refractivity contribution in [1.29, 1.82) is 0 Å².